The van der Waals surface area contributed by atoms with Crippen LogP contribution in [0, 0.1) is 11.6 Å². The third-order valence-electron chi connectivity index (χ3n) is 11.3. The zero-order valence-corrected chi connectivity index (χ0v) is 33.9. The Kier molecular flexibility index (Phi) is 14.9. The summed E-state index contributed by atoms with van der Waals surface area (Å²) in [6.45, 7) is 3.91. The van der Waals surface area contributed by atoms with Gasteiger partial charge in [-0.25, -0.2) is 8.78 Å². The molecule has 2 heterocycles. The van der Waals surface area contributed by atoms with E-state index in [1.165, 1.54) is 48.5 Å². The summed E-state index contributed by atoms with van der Waals surface area (Å²) in [5.41, 5.74) is 0.815. The molecular formula is C46H48Cl2F2N2O6. The van der Waals surface area contributed by atoms with E-state index in [0.717, 1.165) is 11.1 Å². The SMILES string of the molecule is O=C(CCC(=O)OC1(c2ccc(Cl)cc2)CCN(CCCC(=O)c2ccc(F)cc2)CC1)OC1(c2ccc(Cl)cc2)CCN(CCCC(=O)c2ccc(F)cc2)CC1. The number of ether oxygens (including phenoxy) is 2. The number of esters is 2. The van der Waals surface area contributed by atoms with Gasteiger partial charge in [0.1, 0.15) is 22.8 Å². The van der Waals surface area contributed by atoms with Gasteiger partial charge in [0.25, 0.3) is 0 Å². The largest absolute Gasteiger partial charge is 0.454 e. The van der Waals surface area contributed by atoms with Crippen molar-refractivity contribution in [2.75, 3.05) is 39.3 Å². The fraction of sp³-hybridized carbons (Fsp3) is 0.391. The lowest BCUT2D eigenvalue weighted by atomic mass is 9.83. The van der Waals surface area contributed by atoms with Crippen LogP contribution in [0.1, 0.15) is 96.1 Å². The van der Waals surface area contributed by atoms with Crippen molar-refractivity contribution in [1.82, 2.24) is 9.80 Å². The second-order valence-electron chi connectivity index (χ2n) is 15.2. The van der Waals surface area contributed by atoms with Gasteiger partial charge in [-0.1, -0.05) is 47.5 Å². The second-order valence-corrected chi connectivity index (χ2v) is 16.1. The van der Waals surface area contributed by atoms with Crippen LogP contribution in [-0.2, 0) is 30.3 Å². The van der Waals surface area contributed by atoms with E-state index >= 15 is 0 Å². The number of hydrogen-bond acceptors (Lipinski definition) is 8. The molecule has 6 rings (SSSR count). The van der Waals surface area contributed by atoms with Crippen molar-refractivity contribution in [2.45, 2.75) is 75.4 Å². The highest BCUT2D eigenvalue weighted by Crippen LogP contribution is 2.40. The maximum atomic E-state index is 13.5. The van der Waals surface area contributed by atoms with E-state index in [1.807, 2.05) is 24.3 Å². The highest BCUT2D eigenvalue weighted by molar-refractivity contribution is 6.30. The Morgan fingerprint density at radius 1 is 0.500 bits per heavy atom. The molecule has 2 aliphatic heterocycles. The molecule has 2 aliphatic rings. The quantitative estimate of drug-likeness (QED) is 0.0768. The van der Waals surface area contributed by atoms with Gasteiger partial charge in [0.2, 0.25) is 0 Å². The maximum Gasteiger partial charge on any atom is 0.307 e. The van der Waals surface area contributed by atoms with Crippen LogP contribution in [0.15, 0.2) is 97.1 Å². The van der Waals surface area contributed by atoms with Crippen molar-refractivity contribution in [3.8, 4) is 0 Å². The Labute approximate surface area is 348 Å². The van der Waals surface area contributed by atoms with Gasteiger partial charge < -0.3 is 19.3 Å². The molecule has 0 radical (unpaired) electrons. The van der Waals surface area contributed by atoms with Crippen molar-refractivity contribution in [3.05, 3.63) is 141 Å². The van der Waals surface area contributed by atoms with Gasteiger partial charge in [0.15, 0.2) is 11.6 Å². The van der Waals surface area contributed by atoms with Crippen LogP contribution in [0.3, 0.4) is 0 Å². The van der Waals surface area contributed by atoms with Gasteiger partial charge in [-0.05, 0) is 110 Å². The van der Waals surface area contributed by atoms with Gasteiger partial charge in [-0.15, -0.1) is 0 Å². The smallest absolute Gasteiger partial charge is 0.307 e. The molecule has 2 saturated heterocycles. The van der Waals surface area contributed by atoms with Crippen LogP contribution < -0.4 is 0 Å². The van der Waals surface area contributed by atoms with Crippen molar-refractivity contribution >= 4 is 46.7 Å². The van der Waals surface area contributed by atoms with Crippen molar-refractivity contribution in [3.63, 3.8) is 0 Å². The Bertz CT molecular complexity index is 1860. The number of halogens is 4. The second kappa shape index (κ2) is 20.0. The van der Waals surface area contributed by atoms with E-state index in [0.29, 0.717) is 112 Å². The Balaban J connectivity index is 1.01. The van der Waals surface area contributed by atoms with Crippen LogP contribution >= 0.6 is 23.2 Å². The van der Waals surface area contributed by atoms with Gasteiger partial charge in [0, 0.05) is 85.9 Å². The van der Waals surface area contributed by atoms with Crippen LogP contribution in [0.5, 0.6) is 0 Å². The fourth-order valence-electron chi connectivity index (χ4n) is 7.91. The van der Waals surface area contributed by atoms with Gasteiger partial charge in [-0.2, -0.15) is 0 Å². The first kappa shape index (κ1) is 43.1. The van der Waals surface area contributed by atoms with E-state index in [1.54, 1.807) is 24.3 Å². The van der Waals surface area contributed by atoms with Crippen molar-refractivity contribution in [1.29, 1.82) is 0 Å². The summed E-state index contributed by atoms with van der Waals surface area (Å²) in [6.07, 6.45) is 3.73. The summed E-state index contributed by atoms with van der Waals surface area (Å²) in [7, 11) is 0. The summed E-state index contributed by atoms with van der Waals surface area (Å²) >= 11 is 12.4. The van der Waals surface area contributed by atoms with Crippen LogP contribution in [0.25, 0.3) is 0 Å². The first-order chi connectivity index (χ1) is 27.9. The molecule has 0 amide bonds. The van der Waals surface area contributed by atoms with Crippen molar-refractivity contribution < 1.29 is 37.4 Å². The summed E-state index contributed by atoms with van der Waals surface area (Å²) in [5.74, 6) is -1.83. The summed E-state index contributed by atoms with van der Waals surface area (Å²) in [4.78, 5) is 56.7. The number of carbonyl (C=O) groups excluding carboxylic acids is 4. The van der Waals surface area contributed by atoms with Crippen molar-refractivity contribution in [2.24, 2.45) is 0 Å². The summed E-state index contributed by atoms with van der Waals surface area (Å²) in [6, 6.07) is 25.7. The number of carbonyl (C=O) groups is 4. The molecule has 8 nitrogen and oxygen atoms in total. The molecule has 0 aliphatic carbocycles. The Morgan fingerprint density at radius 2 is 0.828 bits per heavy atom. The van der Waals surface area contributed by atoms with Gasteiger partial charge in [-0.3, -0.25) is 19.2 Å². The minimum absolute atomic E-state index is 0.0328. The predicted octanol–water partition coefficient (Wildman–Crippen LogP) is 9.75. The average Bonchev–Trinajstić information content (AvgIpc) is 3.22. The van der Waals surface area contributed by atoms with E-state index in [9.17, 15) is 28.0 Å². The number of piperidine rings is 2. The molecule has 0 atom stereocenters. The lowest BCUT2D eigenvalue weighted by Crippen LogP contribution is -2.46. The number of ketones is 2. The molecule has 4 aromatic carbocycles. The zero-order valence-electron chi connectivity index (χ0n) is 32.4. The highest BCUT2D eigenvalue weighted by Gasteiger charge is 2.42. The lowest BCUT2D eigenvalue weighted by molar-refractivity contribution is -0.174. The first-order valence-corrected chi connectivity index (χ1v) is 20.7. The number of hydrogen-bond donors (Lipinski definition) is 0. The third-order valence-corrected chi connectivity index (χ3v) is 11.8. The van der Waals surface area contributed by atoms with E-state index in [-0.39, 0.29) is 36.0 Å². The standard InChI is InChI=1S/C46H48Cl2F2N2O6/c47-37-13-9-35(10-14-37)45(23-29-51(30-24-45)27-1-3-41(53)33-5-17-39(49)18-6-33)57-43(55)21-22-44(56)58-46(36-11-15-38(48)16-12-36)25-31-52(32-26-46)28-2-4-42(54)34-7-19-40(50)20-8-34/h5-20H,1-4,21-32H2. The third kappa shape index (κ3) is 11.6. The number of nitrogens with zero attached hydrogens (tertiary/aromatic N) is 2. The number of benzene rings is 4. The number of rotatable bonds is 17. The molecular weight excluding hydrogens is 785 g/mol. The monoisotopic (exact) mass is 832 g/mol. The molecule has 58 heavy (non-hydrogen) atoms. The molecule has 0 N–H and O–H groups in total. The van der Waals surface area contributed by atoms with E-state index in [2.05, 4.69) is 9.80 Å². The van der Waals surface area contributed by atoms with E-state index in [4.69, 9.17) is 32.7 Å². The minimum atomic E-state index is -0.910. The maximum absolute atomic E-state index is 13.5. The lowest BCUT2D eigenvalue weighted by Gasteiger charge is -2.42. The first-order valence-electron chi connectivity index (χ1n) is 19.9. The molecule has 0 spiro atoms. The molecule has 2 fully saturated rings. The molecule has 0 unspecified atom stereocenters. The topological polar surface area (TPSA) is 93.2 Å². The number of Topliss-reactive ketones (excluding diaryl/α,β-unsaturated/α-hetero) is 2. The molecule has 12 heteroatoms. The Hall–Kier alpha value is -4.48. The Morgan fingerprint density at radius 3 is 1.16 bits per heavy atom. The molecule has 0 aromatic heterocycles. The summed E-state index contributed by atoms with van der Waals surface area (Å²) < 4.78 is 39.1. The van der Waals surface area contributed by atoms with Gasteiger partial charge in [0.05, 0.1) is 12.8 Å². The molecule has 306 valence electrons. The normalized spacial score (nSPS) is 16.7. The zero-order chi connectivity index (χ0) is 41.1. The fourth-order valence-corrected chi connectivity index (χ4v) is 8.16. The average molecular weight is 834 g/mol. The summed E-state index contributed by atoms with van der Waals surface area (Å²) in [5, 5.41) is 1.13. The predicted molar refractivity (Wildman–Crippen MR) is 219 cm³/mol. The molecule has 0 bridgehead atoms. The molecule has 4 aromatic rings. The number of likely N-dealkylation sites (tertiary alicyclic amines) is 2. The van der Waals surface area contributed by atoms with E-state index < -0.39 is 23.1 Å². The minimum Gasteiger partial charge on any atom is -0.454 e. The van der Waals surface area contributed by atoms with Gasteiger partial charge >= 0.3 is 11.9 Å². The molecule has 0 saturated carbocycles. The highest BCUT2D eigenvalue weighted by atomic mass is 35.5. The van der Waals surface area contributed by atoms with Crippen LogP contribution in [-0.4, -0.2) is 72.6 Å². The van der Waals surface area contributed by atoms with Crippen LogP contribution in [0.2, 0.25) is 10.0 Å². The van der Waals surface area contributed by atoms with Crippen LogP contribution in [0.4, 0.5) is 8.78 Å².